The highest BCUT2D eigenvalue weighted by Crippen LogP contribution is 2.34. The van der Waals surface area contributed by atoms with E-state index in [-0.39, 0.29) is 6.10 Å². The van der Waals surface area contributed by atoms with Gasteiger partial charge >= 0.3 is 0 Å². The van der Waals surface area contributed by atoms with Crippen LogP contribution in [0, 0.1) is 6.92 Å². The summed E-state index contributed by atoms with van der Waals surface area (Å²) in [5.74, 6) is 0.827. The van der Waals surface area contributed by atoms with Gasteiger partial charge in [-0.25, -0.2) is 4.99 Å². The largest absolute Gasteiger partial charge is 0.478 e. The van der Waals surface area contributed by atoms with Gasteiger partial charge in [0.15, 0.2) is 6.10 Å². The molecule has 1 aliphatic heterocycles. The molecule has 0 saturated heterocycles. The van der Waals surface area contributed by atoms with E-state index in [0.29, 0.717) is 0 Å². The van der Waals surface area contributed by atoms with Gasteiger partial charge in [-0.3, -0.25) is 0 Å². The van der Waals surface area contributed by atoms with E-state index in [1.54, 1.807) is 0 Å². The zero-order valence-electron chi connectivity index (χ0n) is 8.97. The van der Waals surface area contributed by atoms with Gasteiger partial charge in [-0.1, -0.05) is 6.07 Å². The first kappa shape index (κ1) is 9.21. The highest BCUT2D eigenvalue weighted by Gasteiger charge is 2.23. The molecule has 3 heteroatoms. The SMILES string of the molecule is Cc1ccc2c(c1)OC1C=C(N)C=CC1=N2. The van der Waals surface area contributed by atoms with Crippen LogP contribution in [0.2, 0.25) is 0 Å². The fourth-order valence-corrected chi connectivity index (χ4v) is 1.87. The predicted octanol–water partition coefficient (Wildman–Crippen LogP) is 2.24. The number of nitrogens with two attached hydrogens (primary N) is 1. The average molecular weight is 212 g/mol. The number of hydrogen-bond donors (Lipinski definition) is 1. The van der Waals surface area contributed by atoms with Crippen molar-refractivity contribution in [1.29, 1.82) is 0 Å². The topological polar surface area (TPSA) is 47.6 Å². The van der Waals surface area contributed by atoms with Gasteiger partial charge in [0, 0.05) is 5.70 Å². The molecule has 2 N–H and O–H groups in total. The van der Waals surface area contributed by atoms with Crippen molar-refractivity contribution in [1.82, 2.24) is 0 Å². The van der Waals surface area contributed by atoms with Crippen LogP contribution in [0.25, 0.3) is 0 Å². The third-order valence-corrected chi connectivity index (χ3v) is 2.70. The van der Waals surface area contributed by atoms with Gasteiger partial charge in [0.2, 0.25) is 0 Å². The van der Waals surface area contributed by atoms with Crippen molar-refractivity contribution < 1.29 is 4.74 Å². The molecule has 80 valence electrons. The number of nitrogens with zero attached hydrogens (tertiary/aromatic N) is 1. The van der Waals surface area contributed by atoms with Gasteiger partial charge in [0.25, 0.3) is 0 Å². The molecule has 0 bridgehead atoms. The average Bonchev–Trinajstić information content (AvgIpc) is 2.26. The Morgan fingerprint density at radius 3 is 3.06 bits per heavy atom. The van der Waals surface area contributed by atoms with Gasteiger partial charge in [-0.05, 0) is 42.8 Å². The molecule has 1 atom stereocenters. The number of fused-ring (bicyclic) bond motifs is 2. The summed E-state index contributed by atoms with van der Waals surface area (Å²) < 4.78 is 5.85. The smallest absolute Gasteiger partial charge is 0.161 e. The number of hydrogen-bond acceptors (Lipinski definition) is 3. The van der Waals surface area contributed by atoms with Crippen LogP contribution >= 0.6 is 0 Å². The molecular weight excluding hydrogens is 200 g/mol. The standard InChI is InChI=1S/C13H12N2O/c1-8-2-4-10-12(6-8)16-13-7-9(14)3-5-11(13)15-10/h2-7,13H,14H2,1H3. The monoisotopic (exact) mass is 212 g/mol. The van der Waals surface area contributed by atoms with Crippen LogP contribution in [0.15, 0.2) is 47.1 Å². The molecule has 1 aliphatic carbocycles. The van der Waals surface area contributed by atoms with E-state index in [9.17, 15) is 0 Å². The van der Waals surface area contributed by atoms with Gasteiger partial charge in [-0.2, -0.15) is 0 Å². The maximum absolute atomic E-state index is 5.85. The van der Waals surface area contributed by atoms with Gasteiger partial charge in [0.1, 0.15) is 11.4 Å². The van der Waals surface area contributed by atoms with E-state index in [2.05, 4.69) is 4.99 Å². The van der Waals surface area contributed by atoms with Gasteiger partial charge < -0.3 is 10.5 Å². The van der Waals surface area contributed by atoms with Crippen molar-refractivity contribution in [3.8, 4) is 5.75 Å². The molecule has 0 radical (unpaired) electrons. The zero-order chi connectivity index (χ0) is 11.1. The first-order chi connectivity index (χ1) is 7.72. The third-order valence-electron chi connectivity index (χ3n) is 2.70. The van der Waals surface area contributed by atoms with Crippen LogP contribution in [0.4, 0.5) is 5.69 Å². The van der Waals surface area contributed by atoms with Crippen LogP contribution in [0.3, 0.4) is 0 Å². The Hall–Kier alpha value is -2.03. The Labute approximate surface area is 93.9 Å². The van der Waals surface area contributed by atoms with Gasteiger partial charge in [-0.15, -0.1) is 0 Å². The highest BCUT2D eigenvalue weighted by atomic mass is 16.5. The van der Waals surface area contributed by atoms with Gasteiger partial charge in [0.05, 0.1) is 5.71 Å². The molecule has 1 heterocycles. The molecule has 3 rings (SSSR count). The molecule has 3 nitrogen and oxygen atoms in total. The van der Waals surface area contributed by atoms with Crippen LogP contribution in [0.5, 0.6) is 5.75 Å². The minimum atomic E-state index is -0.140. The summed E-state index contributed by atoms with van der Waals surface area (Å²) >= 11 is 0. The maximum atomic E-state index is 5.85. The molecule has 0 aromatic heterocycles. The summed E-state index contributed by atoms with van der Waals surface area (Å²) in [4.78, 5) is 4.55. The van der Waals surface area contributed by atoms with E-state index in [1.807, 2.05) is 43.4 Å². The molecule has 0 spiro atoms. The number of aryl methyl sites for hydroxylation is 1. The lowest BCUT2D eigenvalue weighted by molar-refractivity contribution is 0.308. The van der Waals surface area contributed by atoms with E-state index in [1.165, 1.54) is 5.56 Å². The van der Waals surface area contributed by atoms with E-state index in [0.717, 1.165) is 22.8 Å². The molecule has 2 aliphatic rings. The normalized spacial score (nSPS) is 21.4. The summed E-state index contributed by atoms with van der Waals surface area (Å²) in [5, 5.41) is 0. The lowest BCUT2D eigenvalue weighted by atomic mass is 10.0. The predicted molar refractivity (Wildman–Crippen MR) is 64.1 cm³/mol. The van der Waals surface area contributed by atoms with Crippen molar-refractivity contribution in [2.45, 2.75) is 13.0 Å². The molecule has 1 unspecified atom stereocenters. The Morgan fingerprint density at radius 1 is 1.31 bits per heavy atom. The quantitative estimate of drug-likeness (QED) is 0.717. The molecule has 1 aromatic rings. The van der Waals surface area contributed by atoms with Crippen molar-refractivity contribution in [3.05, 3.63) is 47.7 Å². The summed E-state index contributed by atoms with van der Waals surface area (Å²) in [5.41, 5.74) is 9.41. The molecule has 0 amide bonds. The summed E-state index contributed by atoms with van der Waals surface area (Å²) in [6.07, 6.45) is 5.49. The van der Waals surface area contributed by atoms with Crippen molar-refractivity contribution in [3.63, 3.8) is 0 Å². The fourth-order valence-electron chi connectivity index (χ4n) is 1.87. The Bertz CT molecular complexity index is 541. The second-order valence-corrected chi connectivity index (χ2v) is 4.05. The second kappa shape index (κ2) is 3.23. The minimum Gasteiger partial charge on any atom is -0.478 e. The lowest BCUT2D eigenvalue weighted by Crippen LogP contribution is -2.29. The number of aliphatic imine (C=N–C) groups is 1. The van der Waals surface area contributed by atoms with Crippen LogP contribution < -0.4 is 10.5 Å². The molecular formula is C13H12N2O. The second-order valence-electron chi connectivity index (χ2n) is 4.05. The minimum absolute atomic E-state index is 0.140. The number of allylic oxidation sites excluding steroid dienone is 1. The Balaban J connectivity index is 2.09. The van der Waals surface area contributed by atoms with Crippen molar-refractivity contribution >= 4 is 11.4 Å². The molecule has 0 fully saturated rings. The summed E-state index contributed by atoms with van der Waals surface area (Å²) in [7, 11) is 0. The lowest BCUT2D eigenvalue weighted by Gasteiger charge is -2.24. The Morgan fingerprint density at radius 2 is 2.19 bits per heavy atom. The van der Waals surface area contributed by atoms with Crippen molar-refractivity contribution in [2.24, 2.45) is 10.7 Å². The van der Waals surface area contributed by atoms with E-state index < -0.39 is 0 Å². The number of rotatable bonds is 0. The Kier molecular flexibility index (Phi) is 1.86. The van der Waals surface area contributed by atoms with Crippen LogP contribution in [-0.4, -0.2) is 11.8 Å². The highest BCUT2D eigenvalue weighted by molar-refractivity contribution is 6.04. The molecule has 0 saturated carbocycles. The van der Waals surface area contributed by atoms with Crippen molar-refractivity contribution in [2.75, 3.05) is 0 Å². The maximum Gasteiger partial charge on any atom is 0.161 e. The molecule has 1 aromatic carbocycles. The summed E-state index contributed by atoms with van der Waals surface area (Å²) in [6, 6.07) is 6.00. The summed E-state index contributed by atoms with van der Waals surface area (Å²) in [6.45, 7) is 2.04. The molecule has 16 heavy (non-hydrogen) atoms. The zero-order valence-corrected chi connectivity index (χ0v) is 8.97. The number of ether oxygens (including phenoxy) is 1. The third kappa shape index (κ3) is 1.41. The van der Waals surface area contributed by atoms with E-state index in [4.69, 9.17) is 10.5 Å². The van der Waals surface area contributed by atoms with Crippen LogP contribution in [0.1, 0.15) is 5.56 Å². The number of benzene rings is 1. The van der Waals surface area contributed by atoms with E-state index >= 15 is 0 Å². The first-order valence-corrected chi connectivity index (χ1v) is 5.24. The fraction of sp³-hybridized carbons (Fsp3) is 0.154. The van der Waals surface area contributed by atoms with Crippen LogP contribution in [-0.2, 0) is 0 Å². The first-order valence-electron chi connectivity index (χ1n) is 5.24.